The van der Waals surface area contributed by atoms with Crippen LogP contribution in [0.25, 0.3) is 0 Å². The molecule has 0 unspecified atom stereocenters. The Morgan fingerprint density at radius 1 is 1.17 bits per heavy atom. The van der Waals surface area contributed by atoms with E-state index in [1.807, 2.05) is 0 Å². The minimum absolute atomic E-state index is 0.0241. The molecule has 1 aromatic rings. The van der Waals surface area contributed by atoms with E-state index >= 15 is 0 Å². The molecule has 1 aliphatic rings. The van der Waals surface area contributed by atoms with Gasteiger partial charge in [0.2, 0.25) is 10.0 Å². The van der Waals surface area contributed by atoms with Crippen molar-refractivity contribution in [2.75, 3.05) is 0 Å². The first-order valence-electron chi connectivity index (χ1n) is 5.89. The zero-order valence-electron chi connectivity index (χ0n) is 9.77. The summed E-state index contributed by atoms with van der Waals surface area (Å²) in [4.78, 5) is 0.211. The first kappa shape index (κ1) is 14.1. The van der Waals surface area contributed by atoms with E-state index in [-0.39, 0.29) is 16.3 Å². The van der Waals surface area contributed by atoms with Gasteiger partial charge in [0.05, 0.1) is 4.90 Å². The molecule has 1 N–H and O–H groups in total. The van der Waals surface area contributed by atoms with E-state index in [9.17, 15) is 8.42 Å². The highest BCUT2D eigenvalue weighted by molar-refractivity contribution is 7.89. The van der Waals surface area contributed by atoms with Crippen LogP contribution >= 0.6 is 23.2 Å². The molecule has 6 heteroatoms. The fourth-order valence-corrected chi connectivity index (χ4v) is 3.95. The fourth-order valence-electron chi connectivity index (χ4n) is 2.09. The summed E-state index contributed by atoms with van der Waals surface area (Å²) in [5.41, 5.74) is 0. The van der Waals surface area contributed by atoms with Crippen LogP contribution < -0.4 is 4.72 Å². The highest BCUT2D eigenvalue weighted by atomic mass is 35.5. The molecule has 0 atom stereocenters. The number of benzene rings is 1. The zero-order valence-corrected chi connectivity index (χ0v) is 12.1. The second kappa shape index (κ2) is 5.78. The van der Waals surface area contributed by atoms with E-state index in [4.69, 9.17) is 23.2 Å². The molecular formula is C12H15Cl2NO2S. The number of hydrogen-bond acceptors (Lipinski definition) is 2. The molecule has 0 saturated heterocycles. The topological polar surface area (TPSA) is 46.2 Å². The van der Waals surface area contributed by atoms with Crippen molar-refractivity contribution in [1.82, 2.24) is 4.72 Å². The van der Waals surface area contributed by atoms with Crippen LogP contribution in [-0.4, -0.2) is 19.8 Å². The first-order valence-corrected chi connectivity index (χ1v) is 8.19. The van der Waals surface area contributed by atoms with Crippen molar-refractivity contribution in [2.24, 2.45) is 0 Å². The van der Waals surface area contributed by atoms with Gasteiger partial charge in [-0.15, -0.1) is 11.6 Å². The number of alkyl halides is 1. The summed E-state index contributed by atoms with van der Waals surface area (Å²) in [6.45, 7) is 0. The van der Waals surface area contributed by atoms with Crippen LogP contribution in [0, 0.1) is 0 Å². The molecule has 18 heavy (non-hydrogen) atoms. The van der Waals surface area contributed by atoms with Crippen molar-refractivity contribution < 1.29 is 8.42 Å². The van der Waals surface area contributed by atoms with E-state index in [0.29, 0.717) is 5.02 Å². The van der Waals surface area contributed by atoms with Crippen LogP contribution in [0.15, 0.2) is 29.2 Å². The van der Waals surface area contributed by atoms with E-state index < -0.39 is 10.0 Å². The van der Waals surface area contributed by atoms with E-state index in [0.717, 1.165) is 25.7 Å². The molecule has 0 radical (unpaired) electrons. The Kier molecular flexibility index (Phi) is 4.54. The summed E-state index contributed by atoms with van der Waals surface area (Å²) >= 11 is 11.8. The zero-order chi connectivity index (χ0) is 13.2. The molecule has 0 bridgehead atoms. The molecule has 0 heterocycles. The lowest BCUT2D eigenvalue weighted by Crippen LogP contribution is -2.37. The first-order chi connectivity index (χ1) is 8.47. The van der Waals surface area contributed by atoms with E-state index in [1.165, 1.54) is 6.07 Å². The predicted molar refractivity (Wildman–Crippen MR) is 73.7 cm³/mol. The number of halogens is 2. The van der Waals surface area contributed by atoms with Crippen LogP contribution in [0.1, 0.15) is 25.7 Å². The van der Waals surface area contributed by atoms with Crippen LogP contribution in [-0.2, 0) is 10.0 Å². The molecular weight excluding hydrogens is 293 g/mol. The van der Waals surface area contributed by atoms with Crippen molar-refractivity contribution >= 4 is 33.2 Å². The van der Waals surface area contributed by atoms with Gasteiger partial charge in [0.15, 0.2) is 0 Å². The van der Waals surface area contributed by atoms with Gasteiger partial charge >= 0.3 is 0 Å². The third-order valence-electron chi connectivity index (χ3n) is 3.08. The lowest BCUT2D eigenvalue weighted by molar-refractivity contribution is 0.416. The Bertz CT molecular complexity index is 511. The van der Waals surface area contributed by atoms with E-state index in [2.05, 4.69) is 4.72 Å². The molecule has 0 spiro atoms. The number of rotatable bonds is 3. The fraction of sp³-hybridized carbons (Fsp3) is 0.500. The maximum absolute atomic E-state index is 12.1. The molecule has 0 aliphatic heterocycles. The SMILES string of the molecule is O=S(=O)(NC1CCC(Cl)CC1)c1cccc(Cl)c1. The van der Waals surface area contributed by atoms with Crippen molar-refractivity contribution in [3.05, 3.63) is 29.3 Å². The maximum atomic E-state index is 12.1. The van der Waals surface area contributed by atoms with Gasteiger partial charge < -0.3 is 0 Å². The molecule has 0 amide bonds. The number of hydrogen-bond donors (Lipinski definition) is 1. The average molecular weight is 308 g/mol. The molecule has 1 saturated carbocycles. The minimum atomic E-state index is -3.48. The lowest BCUT2D eigenvalue weighted by atomic mass is 9.96. The van der Waals surface area contributed by atoms with E-state index in [1.54, 1.807) is 18.2 Å². The second-order valence-corrected chi connectivity index (χ2v) is 7.30. The van der Waals surface area contributed by atoms with Gasteiger partial charge in [-0.25, -0.2) is 13.1 Å². The summed E-state index contributed by atoms with van der Waals surface area (Å²) in [6.07, 6.45) is 3.27. The van der Waals surface area contributed by atoms with Crippen LogP contribution in [0.2, 0.25) is 5.02 Å². The smallest absolute Gasteiger partial charge is 0.208 e. The van der Waals surface area contributed by atoms with Gasteiger partial charge in [-0.1, -0.05) is 17.7 Å². The second-order valence-electron chi connectivity index (χ2n) is 4.53. The third kappa shape index (κ3) is 3.60. The van der Waals surface area contributed by atoms with Crippen LogP contribution in [0.4, 0.5) is 0 Å². The summed E-state index contributed by atoms with van der Waals surface area (Å²) in [7, 11) is -3.48. The molecule has 1 aliphatic carbocycles. The summed E-state index contributed by atoms with van der Waals surface area (Å²) < 4.78 is 27.0. The highest BCUT2D eigenvalue weighted by Crippen LogP contribution is 2.24. The quantitative estimate of drug-likeness (QED) is 0.872. The van der Waals surface area contributed by atoms with Crippen molar-refractivity contribution in [3.8, 4) is 0 Å². The Balaban J connectivity index is 2.08. The summed E-state index contributed by atoms with van der Waals surface area (Å²) in [6, 6.07) is 6.26. The van der Waals surface area contributed by atoms with Crippen molar-refractivity contribution in [3.63, 3.8) is 0 Å². The Morgan fingerprint density at radius 3 is 2.44 bits per heavy atom. The van der Waals surface area contributed by atoms with Crippen molar-refractivity contribution in [2.45, 2.75) is 42.0 Å². The normalized spacial score (nSPS) is 25.0. The highest BCUT2D eigenvalue weighted by Gasteiger charge is 2.24. The average Bonchev–Trinajstić information content (AvgIpc) is 2.32. The number of sulfonamides is 1. The largest absolute Gasteiger partial charge is 0.240 e. The molecule has 0 aromatic heterocycles. The molecule has 2 rings (SSSR count). The van der Waals surface area contributed by atoms with Crippen LogP contribution in [0.5, 0.6) is 0 Å². The molecule has 3 nitrogen and oxygen atoms in total. The Morgan fingerprint density at radius 2 is 1.83 bits per heavy atom. The Labute approximate surface area is 118 Å². The molecule has 1 aromatic carbocycles. The monoisotopic (exact) mass is 307 g/mol. The summed E-state index contributed by atoms with van der Waals surface area (Å²) in [5.74, 6) is 0. The maximum Gasteiger partial charge on any atom is 0.240 e. The van der Waals surface area contributed by atoms with Gasteiger partial charge in [0.1, 0.15) is 0 Å². The lowest BCUT2D eigenvalue weighted by Gasteiger charge is -2.25. The van der Waals surface area contributed by atoms with Gasteiger partial charge in [-0.3, -0.25) is 0 Å². The molecule has 100 valence electrons. The summed E-state index contributed by atoms with van der Waals surface area (Å²) in [5, 5.41) is 0.597. The third-order valence-corrected chi connectivity index (χ3v) is 5.27. The van der Waals surface area contributed by atoms with Gasteiger partial charge in [0.25, 0.3) is 0 Å². The standard InChI is InChI=1S/C12H15Cl2NO2S/c13-9-4-6-11(7-5-9)15-18(16,17)12-3-1-2-10(14)8-12/h1-3,8-9,11,15H,4-7H2. The van der Waals surface area contributed by atoms with Gasteiger partial charge in [-0.05, 0) is 43.9 Å². The van der Waals surface area contributed by atoms with Crippen LogP contribution in [0.3, 0.4) is 0 Å². The minimum Gasteiger partial charge on any atom is -0.208 e. The van der Waals surface area contributed by atoms with Gasteiger partial charge in [0, 0.05) is 16.4 Å². The number of nitrogens with one attached hydrogen (secondary N) is 1. The molecule has 1 fully saturated rings. The Hall–Kier alpha value is -0.290. The van der Waals surface area contributed by atoms with Crippen molar-refractivity contribution in [1.29, 1.82) is 0 Å². The predicted octanol–water partition coefficient (Wildman–Crippen LogP) is 3.17. The van der Waals surface area contributed by atoms with Gasteiger partial charge in [-0.2, -0.15) is 0 Å².